The molecule has 0 spiro atoms. The number of fused-ring (bicyclic) bond motifs is 1. The number of carbonyl (C=O) groups is 1. The molecular weight excluding hydrogens is 470 g/mol. The fraction of sp³-hybridized carbons (Fsp3) is 0. The second kappa shape index (κ2) is 9.25. The third-order valence-electron chi connectivity index (χ3n) is 5.89. The highest BCUT2D eigenvalue weighted by Gasteiger charge is 2.16. The first-order valence-corrected chi connectivity index (χ1v) is 12.7. The molecule has 0 N–H and O–H groups in total. The Hall–Kier alpha value is -4.13. The summed E-state index contributed by atoms with van der Waals surface area (Å²) in [6.07, 6.45) is 0.884. The van der Waals surface area contributed by atoms with Crippen molar-refractivity contribution in [3.05, 3.63) is 114 Å². The SMILES string of the molecule is O=Cc1ccc(-c2ccc(-c3ccc(N(c4ccccc4)c4ccccc4)cc3)c3nsnc23)s1. The van der Waals surface area contributed by atoms with Gasteiger partial charge in [0.2, 0.25) is 0 Å². The van der Waals surface area contributed by atoms with E-state index in [0.29, 0.717) is 4.88 Å². The number of carbonyl (C=O) groups excluding carboxylic acids is 1. The summed E-state index contributed by atoms with van der Waals surface area (Å²) >= 11 is 2.68. The number of anilines is 3. The van der Waals surface area contributed by atoms with Crippen molar-refractivity contribution in [1.29, 1.82) is 0 Å². The van der Waals surface area contributed by atoms with E-state index < -0.39 is 0 Å². The first-order chi connectivity index (χ1) is 17.3. The maximum atomic E-state index is 11.1. The van der Waals surface area contributed by atoms with E-state index >= 15 is 0 Å². The summed E-state index contributed by atoms with van der Waals surface area (Å²) in [5.74, 6) is 0. The van der Waals surface area contributed by atoms with E-state index in [0.717, 1.165) is 55.9 Å². The van der Waals surface area contributed by atoms with Gasteiger partial charge in [-0.3, -0.25) is 4.79 Å². The largest absolute Gasteiger partial charge is 0.311 e. The van der Waals surface area contributed by atoms with Crippen molar-refractivity contribution in [3.63, 3.8) is 0 Å². The Kier molecular flexibility index (Phi) is 5.66. The Balaban J connectivity index is 1.40. The molecule has 2 aromatic heterocycles. The summed E-state index contributed by atoms with van der Waals surface area (Å²) in [5, 5.41) is 0. The average molecular weight is 490 g/mol. The van der Waals surface area contributed by atoms with E-state index in [1.165, 1.54) is 23.1 Å². The second-order valence-corrected chi connectivity index (χ2v) is 9.64. The van der Waals surface area contributed by atoms with Gasteiger partial charge in [0.15, 0.2) is 6.29 Å². The number of thiophene rings is 1. The zero-order valence-electron chi connectivity index (χ0n) is 18.5. The van der Waals surface area contributed by atoms with Gasteiger partial charge >= 0.3 is 0 Å². The monoisotopic (exact) mass is 489 g/mol. The molecule has 4 aromatic carbocycles. The van der Waals surface area contributed by atoms with E-state index in [1.54, 1.807) is 0 Å². The van der Waals surface area contributed by atoms with E-state index in [2.05, 4.69) is 98.6 Å². The van der Waals surface area contributed by atoms with Crippen LogP contribution in [-0.2, 0) is 0 Å². The van der Waals surface area contributed by atoms with Crippen molar-refractivity contribution < 1.29 is 4.79 Å². The van der Waals surface area contributed by atoms with Crippen molar-refractivity contribution in [2.45, 2.75) is 0 Å². The Morgan fingerprint density at radius 3 is 1.77 bits per heavy atom. The molecule has 35 heavy (non-hydrogen) atoms. The summed E-state index contributed by atoms with van der Waals surface area (Å²) in [5.41, 5.74) is 8.17. The van der Waals surface area contributed by atoms with Crippen LogP contribution in [0.4, 0.5) is 17.1 Å². The number of aromatic nitrogens is 2. The molecule has 6 rings (SSSR count). The van der Waals surface area contributed by atoms with Crippen molar-refractivity contribution in [2.24, 2.45) is 0 Å². The van der Waals surface area contributed by atoms with Gasteiger partial charge in [-0.15, -0.1) is 11.3 Å². The van der Waals surface area contributed by atoms with Crippen LogP contribution in [0.2, 0.25) is 0 Å². The lowest BCUT2D eigenvalue weighted by Crippen LogP contribution is -2.09. The minimum Gasteiger partial charge on any atom is -0.311 e. The Morgan fingerprint density at radius 2 is 1.17 bits per heavy atom. The predicted octanol–water partition coefficient (Wildman–Crippen LogP) is 8.37. The van der Waals surface area contributed by atoms with Crippen molar-refractivity contribution in [1.82, 2.24) is 8.75 Å². The van der Waals surface area contributed by atoms with Gasteiger partial charge in [0.1, 0.15) is 11.0 Å². The Morgan fingerprint density at radius 1 is 0.600 bits per heavy atom. The second-order valence-electron chi connectivity index (χ2n) is 8.00. The van der Waals surface area contributed by atoms with Crippen LogP contribution in [-0.4, -0.2) is 15.0 Å². The summed E-state index contributed by atoms with van der Waals surface area (Å²) in [6, 6.07) is 37.3. The molecule has 2 heterocycles. The van der Waals surface area contributed by atoms with Gasteiger partial charge in [-0.1, -0.05) is 60.7 Å². The molecule has 0 saturated carbocycles. The van der Waals surface area contributed by atoms with Gasteiger partial charge in [-0.25, -0.2) is 0 Å². The van der Waals surface area contributed by atoms with Gasteiger partial charge in [0.25, 0.3) is 0 Å². The van der Waals surface area contributed by atoms with E-state index in [4.69, 9.17) is 0 Å². The minimum atomic E-state index is 0.706. The quantitative estimate of drug-likeness (QED) is 0.220. The highest BCUT2D eigenvalue weighted by atomic mass is 32.1. The zero-order valence-corrected chi connectivity index (χ0v) is 20.2. The van der Waals surface area contributed by atoms with Crippen LogP contribution in [0.15, 0.2) is 109 Å². The van der Waals surface area contributed by atoms with Crippen LogP contribution in [0.1, 0.15) is 9.67 Å². The van der Waals surface area contributed by atoms with Crippen LogP contribution >= 0.6 is 23.1 Å². The van der Waals surface area contributed by atoms with Gasteiger partial charge in [0.05, 0.1) is 16.6 Å². The molecule has 0 aliphatic carbocycles. The summed E-state index contributed by atoms with van der Waals surface area (Å²) in [6.45, 7) is 0. The van der Waals surface area contributed by atoms with Gasteiger partial charge in [-0.2, -0.15) is 8.75 Å². The third kappa shape index (κ3) is 4.03. The fourth-order valence-electron chi connectivity index (χ4n) is 4.25. The molecule has 168 valence electrons. The molecule has 0 amide bonds. The summed E-state index contributed by atoms with van der Waals surface area (Å²) in [7, 11) is 0. The van der Waals surface area contributed by atoms with Crippen LogP contribution in [0.25, 0.3) is 32.6 Å². The molecule has 0 bridgehead atoms. The van der Waals surface area contributed by atoms with Gasteiger partial charge in [0, 0.05) is 33.1 Å². The van der Waals surface area contributed by atoms with E-state index in [1.807, 2.05) is 24.3 Å². The van der Waals surface area contributed by atoms with Crippen molar-refractivity contribution >= 4 is 57.4 Å². The molecule has 0 unspecified atom stereocenters. The maximum absolute atomic E-state index is 11.1. The van der Waals surface area contributed by atoms with Crippen LogP contribution in [0, 0.1) is 0 Å². The first kappa shape index (κ1) is 21.4. The number of benzene rings is 4. The highest BCUT2D eigenvalue weighted by Crippen LogP contribution is 2.39. The topological polar surface area (TPSA) is 46.1 Å². The lowest BCUT2D eigenvalue weighted by atomic mass is 10.0. The molecule has 0 atom stereocenters. The van der Waals surface area contributed by atoms with Gasteiger partial charge in [-0.05, 0) is 54.1 Å². The number of hydrogen-bond acceptors (Lipinski definition) is 6. The maximum Gasteiger partial charge on any atom is 0.160 e. The van der Waals surface area contributed by atoms with Crippen LogP contribution in [0.3, 0.4) is 0 Å². The number of para-hydroxylation sites is 2. The first-order valence-electron chi connectivity index (χ1n) is 11.1. The lowest BCUT2D eigenvalue weighted by molar-refractivity contribution is 0.112. The molecule has 0 aliphatic heterocycles. The standard InChI is InChI=1S/C29H19N3OS2/c33-19-24-15-18-27(34-24)26-17-16-25(28-29(26)31-35-30-28)20-11-13-23(14-12-20)32(21-7-3-1-4-8-21)22-9-5-2-6-10-22/h1-19H. The smallest absolute Gasteiger partial charge is 0.160 e. The Labute approximate surface area is 211 Å². The van der Waals surface area contributed by atoms with Crippen LogP contribution < -0.4 is 4.90 Å². The van der Waals surface area contributed by atoms with Crippen LogP contribution in [0.5, 0.6) is 0 Å². The molecule has 0 radical (unpaired) electrons. The molecule has 0 saturated heterocycles. The summed E-state index contributed by atoms with van der Waals surface area (Å²) < 4.78 is 9.20. The molecular formula is C29H19N3OS2. The number of aldehydes is 1. The minimum absolute atomic E-state index is 0.706. The third-order valence-corrected chi connectivity index (χ3v) is 7.46. The molecule has 0 aliphatic rings. The van der Waals surface area contributed by atoms with Gasteiger partial charge < -0.3 is 4.90 Å². The zero-order chi connectivity index (χ0) is 23.6. The number of hydrogen-bond donors (Lipinski definition) is 0. The fourth-order valence-corrected chi connectivity index (χ4v) is 5.67. The molecule has 6 heteroatoms. The van der Waals surface area contributed by atoms with Crippen molar-refractivity contribution in [3.8, 4) is 21.6 Å². The molecule has 6 aromatic rings. The normalized spacial score (nSPS) is 11.0. The number of rotatable bonds is 6. The molecule has 4 nitrogen and oxygen atoms in total. The Bertz CT molecular complexity index is 1570. The van der Waals surface area contributed by atoms with E-state index in [9.17, 15) is 4.79 Å². The summed E-state index contributed by atoms with van der Waals surface area (Å²) in [4.78, 5) is 15.1. The highest BCUT2D eigenvalue weighted by molar-refractivity contribution is 7.17. The predicted molar refractivity (Wildman–Crippen MR) is 146 cm³/mol. The number of nitrogens with zero attached hydrogens (tertiary/aromatic N) is 3. The van der Waals surface area contributed by atoms with E-state index in [-0.39, 0.29) is 0 Å². The van der Waals surface area contributed by atoms with Crippen molar-refractivity contribution in [2.75, 3.05) is 4.90 Å². The molecule has 0 fully saturated rings. The lowest BCUT2D eigenvalue weighted by Gasteiger charge is -2.25. The average Bonchev–Trinajstić information content (AvgIpc) is 3.60.